The molecule has 138 valence electrons. The van der Waals surface area contributed by atoms with E-state index in [0.29, 0.717) is 6.54 Å². The van der Waals surface area contributed by atoms with Crippen molar-refractivity contribution in [2.24, 2.45) is 4.99 Å². The van der Waals surface area contributed by atoms with Crippen LogP contribution >= 0.6 is 11.3 Å². The molecule has 1 amide bonds. The fourth-order valence-electron chi connectivity index (χ4n) is 2.77. The summed E-state index contributed by atoms with van der Waals surface area (Å²) in [5.41, 5.74) is 5.24. The van der Waals surface area contributed by atoms with Gasteiger partial charge in [-0.1, -0.05) is 64.9 Å². The van der Waals surface area contributed by atoms with Crippen molar-refractivity contribution < 1.29 is 4.79 Å². The molecule has 1 N–H and O–H groups in total. The Kier molecular flexibility index (Phi) is 5.72. The molecule has 5 heteroatoms. The van der Waals surface area contributed by atoms with Gasteiger partial charge in [0.05, 0.1) is 11.4 Å². The van der Waals surface area contributed by atoms with Crippen molar-refractivity contribution in [3.05, 3.63) is 77.1 Å². The van der Waals surface area contributed by atoms with Crippen LogP contribution in [-0.4, -0.2) is 10.5 Å². The van der Waals surface area contributed by atoms with Gasteiger partial charge in [-0.2, -0.15) is 0 Å². The molecule has 0 bridgehead atoms. The zero-order valence-electron chi connectivity index (χ0n) is 15.8. The van der Waals surface area contributed by atoms with Gasteiger partial charge in [0.25, 0.3) is 0 Å². The van der Waals surface area contributed by atoms with Crippen molar-refractivity contribution in [1.82, 2.24) is 4.57 Å². The minimum absolute atomic E-state index is 0.0998. The molecule has 0 saturated heterocycles. The Morgan fingerprint density at radius 3 is 2.26 bits per heavy atom. The Morgan fingerprint density at radius 2 is 1.70 bits per heavy atom. The minimum Gasteiger partial charge on any atom is -0.316 e. The van der Waals surface area contributed by atoms with Crippen molar-refractivity contribution >= 4 is 27.9 Å². The van der Waals surface area contributed by atoms with Gasteiger partial charge in [-0.25, -0.2) is 4.99 Å². The van der Waals surface area contributed by atoms with Gasteiger partial charge in [0.2, 0.25) is 5.91 Å². The molecular weight excluding hydrogens is 354 g/mol. The lowest BCUT2D eigenvalue weighted by molar-refractivity contribution is -0.114. The summed E-state index contributed by atoms with van der Waals surface area (Å²) in [4.78, 5) is 17.4. The van der Waals surface area contributed by atoms with Crippen LogP contribution < -0.4 is 10.1 Å². The third-order valence-electron chi connectivity index (χ3n) is 4.09. The van der Waals surface area contributed by atoms with Gasteiger partial charge >= 0.3 is 0 Å². The molecule has 27 heavy (non-hydrogen) atoms. The molecule has 0 saturated carbocycles. The second kappa shape index (κ2) is 8.18. The van der Waals surface area contributed by atoms with Gasteiger partial charge < -0.3 is 9.88 Å². The first-order valence-corrected chi connectivity index (χ1v) is 9.60. The molecule has 0 unspecified atom stereocenters. The maximum Gasteiger partial charge on any atom is 0.221 e. The highest BCUT2D eigenvalue weighted by Gasteiger charge is 2.16. The Balaban J connectivity index is 2.24. The van der Waals surface area contributed by atoms with E-state index in [0.717, 1.165) is 26.7 Å². The number of aryl methyl sites for hydroxylation is 2. The van der Waals surface area contributed by atoms with E-state index >= 15 is 0 Å². The molecule has 3 aromatic rings. The first-order chi connectivity index (χ1) is 13.0. The third kappa shape index (κ3) is 4.44. The van der Waals surface area contributed by atoms with Crippen LogP contribution in [0.2, 0.25) is 0 Å². The number of carbonyl (C=O) groups is 1. The number of allylic oxidation sites excluding steroid dienone is 1. The molecule has 0 aliphatic heterocycles. The lowest BCUT2D eigenvalue weighted by Crippen LogP contribution is -2.15. The Hall–Kier alpha value is -2.92. The number of rotatable bonds is 5. The summed E-state index contributed by atoms with van der Waals surface area (Å²) in [6.07, 6.45) is 1.84. The second-order valence-electron chi connectivity index (χ2n) is 6.46. The highest BCUT2D eigenvalue weighted by atomic mass is 32.1. The maximum atomic E-state index is 11.8. The zero-order chi connectivity index (χ0) is 19.4. The normalized spacial score (nSPS) is 11.4. The molecule has 4 nitrogen and oxygen atoms in total. The first-order valence-electron chi connectivity index (χ1n) is 8.78. The third-order valence-corrected chi connectivity index (χ3v) is 5.09. The Labute approximate surface area is 163 Å². The number of nitrogens with zero attached hydrogens (tertiary/aromatic N) is 2. The predicted molar refractivity (Wildman–Crippen MR) is 113 cm³/mol. The summed E-state index contributed by atoms with van der Waals surface area (Å²) < 4.78 is 2.09. The molecule has 0 spiro atoms. The van der Waals surface area contributed by atoms with Crippen molar-refractivity contribution in [1.29, 1.82) is 0 Å². The number of hydrogen-bond donors (Lipinski definition) is 1. The largest absolute Gasteiger partial charge is 0.316 e. The number of aromatic nitrogens is 1. The SMILES string of the molecule is C=CCn1c(-c2ccc(C)cc2)c(NC(C)=O)sc1=Nc1ccc(C)cc1. The van der Waals surface area contributed by atoms with Crippen LogP contribution in [0.5, 0.6) is 0 Å². The van der Waals surface area contributed by atoms with Gasteiger partial charge in [0, 0.05) is 19.0 Å². The summed E-state index contributed by atoms with van der Waals surface area (Å²) in [7, 11) is 0. The summed E-state index contributed by atoms with van der Waals surface area (Å²) in [6.45, 7) is 10.1. The standard InChI is InChI=1S/C22H23N3OS/c1-5-14-25-20(18-10-6-15(2)7-11-18)21(23-17(4)26)27-22(25)24-19-12-8-16(3)9-13-19/h5-13H,1,14H2,2-4H3,(H,23,26). The lowest BCUT2D eigenvalue weighted by atomic mass is 10.1. The van der Waals surface area contributed by atoms with Crippen LogP contribution in [0.25, 0.3) is 11.3 Å². The first kappa shape index (κ1) is 18.9. The Morgan fingerprint density at radius 1 is 1.11 bits per heavy atom. The number of benzene rings is 2. The number of hydrogen-bond acceptors (Lipinski definition) is 3. The van der Waals surface area contributed by atoms with E-state index in [1.807, 2.05) is 30.3 Å². The van der Waals surface area contributed by atoms with Crippen LogP contribution in [0.4, 0.5) is 10.7 Å². The van der Waals surface area contributed by atoms with E-state index in [4.69, 9.17) is 4.99 Å². The van der Waals surface area contributed by atoms with Crippen LogP contribution in [0.15, 0.2) is 66.2 Å². The smallest absolute Gasteiger partial charge is 0.221 e. The van der Waals surface area contributed by atoms with E-state index in [-0.39, 0.29) is 5.91 Å². The topological polar surface area (TPSA) is 46.4 Å². The summed E-state index contributed by atoms with van der Waals surface area (Å²) in [6, 6.07) is 16.3. The second-order valence-corrected chi connectivity index (χ2v) is 7.43. The van der Waals surface area contributed by atoms with Crippen molar-refractivity contribution in [2.75, 3.05) is 5.32 Å². The van der Waals surface area contributed by atoms with Crippen molar-refractivity contribution in [2.45, 2.75) is 27.3 Å². The van der Waals surface area contributed by atoms with Crippen LogP contribution in [0, 0.1) is 13.8 Å². The quantitative estimate of drug-likeness (QED) is 0.610. The van der Waals surface area contributed by atoms with Crippen LogP contribution in [0.3, 0.4) is 0 Å². The van der Waals surface area contributed by atoms with Gasteiger partial charge in [-0.15, -0.1) is 6.58 Å². The van der Waals surface area contributed by atoms with Crippen LogP contribution in [0.1, 0.15) is 18.1 Å². The summed E-state index contributed by atoms with van der Waals surface area (Å²) in [5.74, 6) is -0.0998. The van der Waals surface area contributed by atoms with E-state index < -0.39 is 0 Å². The maximum absolute atomic E-state index is 11.8. The highest BCUT2D eigenvalue weighted by Crippen LogP contribution is 2.31. The molecule has 0 aliphatic rings. The van der Waals surface area contributed by atoms with Crippen LogP contribution in [-0.2, 0) is 11.3 Å². The van der Waals surface area contributed by atoms with Gasteiger partial charge in [-0.05, 0) is 26.0 Å². The monoisotopic (exact) mass is 377 g/mol. The molecule has 0 aliphatic carbocycles. The lowest BCUT2D eigenvalue weighted by Gasteiger charge is -2.10. The minimum atomic E-state index is -0.0998. The fraction of sp³-hybridized carbons (Fsp3) is 0.182. The van der Waals surface area contributed by atoms with Gasteiger partial charge in [0.15, 0.2) is 4.80 Å². The molecule has 3 rings (SSSR count). The molecular formula is C22H23N3OS. The number of amides is 1. The Bertz CT molecular complexity index is 1020. The summed E-state index contributed by atoms with van der Waals surface area (Å²) >= 11 is 1.47. The molecule has 0 radical (unpaired) electrons. The van der Waals surface area contributed by atoms with E-state index in [9.17, 15) is 4.79 Å². The number of carbonyl (C=O) groups excluding carboxylic acids is 1. The van der Waals surface area contributed by atoms with Gasteiger partial charge in [-0.3, -0.25) is 4.79 Å². The molecule has 0 atom stereocenters. The molecule has 1 aromatic heterocycles. The van der Waals surface area contributed by atoms with Crippen molar-refractivity contribution in [3.8, 4) is 11.3 Å². The fourth-order valence-corrected chi connectivity index (χ4v) is 3.90. The van der Waals surface area contributed by atoms with E-state index in [2.05, 4.69) is 54.6 Å². The summed E-state index contributed by atoms with van der Waals surface area (Å²) in [5, 5.41) is 3.76. The predicted octanol–water partition coefficient (Wildman–Crippen LogP) is 5.21. The molecule has 2 aromatic carbocycles. The highest BCUT2D eigenvalue weighted by molar-refractivity contribution is 7.14. The number of nitrogens with one attached hydrogen (secondary N) is 1. The molecule has 0 fully saturated rings. The van der Waals surface area contributed by atoms with Gasteiger partial charge in [0.1, 0.15) is 5.00 Å². The van der Waals surface area contributed by atoms with E-state index in [1.54, 1.807) is 0 Å². The number of anilines is 1. The molecule has 1 heterocycles. The van der Waals surface area contributed by atoms with Crippen molar-refractivity contribution in [3.63, 3.8) is 0 Å². The van der Waals surface area contributed by atoms with E-state index in [1.165, 1.54) is 29.4 Å². The number of thiazole rings is 1. The average Bonchev–Trinajstić information content (AvgIpc) is 2.94. The average molecular weight is 378 g/mol. The zero-order valence-corrected chi connectivity index (χ0v) is 16.6.